The molecule has 2 nitrogen and oxygen atoms in total. The number of methoxy groups -OCH3 is 1. The first-order chi connectivity index (χ1) is 7.63. The number of rotatable bonds is 2. The summed E-state index contributed by atoms with van der Waals surface area (Å²) in [4.78, 5) is 0. The van der Waals surface area contributed by atoms with E-state index in [2.05, 4.69) is 58.6 Å². The molecule has 0 atom stereocenters. The van der Waals surface area contributed by atoms with Crippen molar-refractivity contribution in [1.29, 1.82) is 0 Å². The Hall–Kier alpha value is -1.22. The largest absolute Gasteiger partial charge is 0.496 e. The van der Waals surface area contributed by atoms with Gasteiger partial charge in [0.15, 0.2) is 0 Å². The van der Waals surface area contributed by atoms with Crippen LogP contribution in [0.25, 0.3) is 5.69 Å². The number of hydrogen-bond donors (Lipinski definition) is 0. The zero-order valence-electron chi connectivity index (χ0n) is 9.62. The first kappa shape index (κ1) is 11.3. The standard InChI is InChI=1S/C13H14BrNO/c1-9-4-5-10(2)15(9)11-6-7-13(16-3)12(14)8-11/h4-8H,1-3H3. The molecule has 1 heterocycles. The maximum absolute atomic E-state index is 5.22. The van der Waals surface area contributed by atoms with Crippen LogP contribution in [0.1, 0.15) is 11.4 Å². The predicted octanol–water partition coefficient (Wildman–Crippen LogP) is 3.87. The van der Waals surface area contributed by atoms with Crippen LogP contribution in [0.15, 0.2) is 34.8 Å². The molecular weight excluding hydrogens is 266 g/mol. The number of ether oxygens (including phenoxy) is 1. The van der Waals surface area contributed by atoms with E-state index in [4.69, 9.17) is 4.74 Å². The topological polar surface area (TPSA) is 14.2 Å². The molecule has 0 aliphatic carbocycles. The molecule has 0 saturated heterocycles. The van der Waals surface area contributed by atoms with E-state index in [0.717, 1.165) is 15.9 Å². The molecule has 0 radical (unpaired) electrons. The molecule has 2 rings (SSSR count). The molecule has 0 amide bonds. The molecule has 0 spiro atoms. The summed E-state index contributed by atoms with van der Waals surface area (Å²) < 4.78 is 8.41. The summed E-state index contributed by atoms with van der Waals surface area (Å²) in [5.74, 6) is 0.853. The first-order valence-electron chi connectivity index (χ1n) is 5.12. The molecule has 16 heavy (non-hydrogen) atoms. The molecule has 0 bridgehead atoms. The highest BCUT2D eigenvalue weighted by molar-refractivity contribution is 9.10. The maximum atomic E-state index is 5.22. The molecule has 0 saturated carbocycles. The van der Waals surface area contributed by atoms with Crippen molar-refractivity contribution >= 4 is 15.9 Å². The van der Waals surface area contributed by atoms with Gasteiger partial charge < -0.3 is 9.30 Å². The lowest BCUT2D eigenvalue weighted by Gasteiger charge is -2.11. The average Bonchev–Trinajstić information content (AvgIpc) is 2.58. The van der Waals surface area contributed by atoms with Gasteiger partial charge in [0, 0.05) is 17.1 Å². The second-order valence-corrected chi connectivity index (χ2v) is 4.62. The van der Waals surface area contributed by atoms with Crippen LogP contribution in [0, 0.1) is 13.8 Å². The van der Waals surface area contributed by atoms with E-state index in [-0.39, 0.29) is 0 Å². The van der Waals surface area contributed by atoms with Crippen LogP contribution in [-0.4, -0.2) is 11.7 Å². The van der Waals surface area contributed by atoms with Crippen molar-refractivity contribution in [3.05, 3.63) is 46.2 Å². The first-order valence-corrected chi connectivity index (χ1v) is 5.91. The lowest BCUT2D eigenvalue weighted by molar-refractivity contribution is 0.412. The van der Waals surface area contributed by atoms with Crippen molar-refractivity contribution in [3.63, 3.8) is 0 Å². The third kappa shape index (κ3) is 1.87. The van der Waals surface area contributed by atoms with Gasteiger partial charge in [0.1, 0.15) is 5.75 Å². The van der Waals surface area contributed by atoms with E-state index < -0.39 is 0 Å². The van der Waals surface area contributed by atoms with Crippen LogP contribution >= 0.6 is 15.9 Å². The van der Waals surface area contributed by atoms with Crippen LogP contribution in [0.3, 0.4) is 0 Å². The van der Waals surface area contributed by atoms with Gasteiger partial charge >= 0.3 is 0 Å². The Morgan fingerprint density at radius 3 is 2.19 bits per heavy atom. The van der Waals surface area contributed by atoms with Crippen molar-refractivity contribution in [2.24, 2.45) is 0 Å². The van der Waals surface area contributed by atoms with Crippen LogP contribution in [0.2, 0.25) is 0 Å². The summed E-state index contributed by atoms with van der Waals surface area (Å²) in [7, 11) is 1.67. The summed E-state index contributed by atoms with van der Waals surface area (Å²) >= 11 is 3.50. The predicted molar refractivity (Wildman–Crippen MR) is 69.5 cm³/mol. The van der Waals surface area contributed by atoms with Crippen molar-refractivity contribution in [2.45, 2.75) is 13.8 Å². The molecule has 3 heteroatoms. The highest BCUT2D eigenvalue weighted by Gasteiger charge is 2.06. The van der Waals surface area contributed by atoms with Gasteiger partial charge in [-0.3, -0.25) is 0 Å². The number of benzene rings is 1. The summed E-state index contributed by atoms with van der Waals surface area (Å²) in [6.07, 6.45) is 0. The van der Waals surface area contributed by atoms with Crippen LogP contribution in [0.5, 0.6) is 5.75 Å². The van der Waals surface area contributed by atoms with Gasteiger partial charge in [-0.2, -0.15) is 0 Å². The van der Waals surface area contributed by atoms with E-state index in [9.17, 15) is 0 Å². The van der Waals surface area contributed by atoms with Gasteiger partial charge in [-0.05, 0) is 60.1 Å². The lowest BCUT2D eigenvalue weighted by Crippen LogP contribution is -1.98. The Balaban J connectivity index is 2.53. The van der Waals surface area contributed by atoms with Crippen LogP contribution in [-0.2, 0) is 0 Å². The Kier molecular flexibility index (Phi) is 3.06. The number of aryl methyl sites for hydroxylation is 2. The van der Waals surface area contributed by atoms with Crippen molar-refractivity contribution in [1.82, 2.24) is 4.57 Å². The number of nitrogens with zero attached hydrogens (tertiary/aromatic N) is 1. The number of aromatic nitrogens is 1. The van der Waals surface area contributed by atoms with Gasteiger partial charge in [-0.1, -0.05) is 0 Å². The van der Waals surface area contributed by atoms with Gasteiger partial charge in [0.25, 0.3) is 0 Å². The molecular formula is C13H14BrNO. The minimum atomic E-state index is 0.853. The fourth-order valence-corrected chi connectivity index (χ4v) is 2.40. The second-order valence-electron chi connectivity index (χ2n) is 3.77. The normalized spacial score (nSPS) is 10.5. The third-order valence-electron chi connectivity index (χ3n) is 2.66. The van der Waals surface area contributed by atoms with Gasteiger partial charge in [0.2, 0.25) is 0 Å². The summed E-state index contributed by atoms with van der Waals surface area (Å²) in [5.41, 5.74) is 3.61. The average molecular weight is 280 g/mol. The zero-order chi connectivity index (χ0) is 11.7. The van der Waals surface area contributed by atoms with Gasteiger partial charge in [0.05, 0.1) is 11.6 Å². The van der Waals surface area contributed by atoms with E-state index in [0.29, 0.717) is 0 Å². The molecule has 0 fully saturated rings. The van der Waals surface area contributed by atoms with Gasteiger partial charge in [-0.25, -0.2) is 0 Å². The fourth-order valence-electron chi connectivity index (χ4n) is 1.87. The Morgan fingerprint density at radius 2 is 1.69 bits per heavy atom. The molecule has 0 N–H and O–H groups in total. The molecule has 1 aromatic heterocycles. The smallest absolute Gasteiger partial charge is 0.133 e. The third-order valence-corrected chi connectivity index (χ3v) is 3.28. The Bertz CT molecular complexity index is 497. The van der Waals surface area contributed by atoms with Gasteiger partial charge in [-0.15, -0.1) is 0 Å². The van der Waals surface area contributed by atoms with E-state index in [1.54, 1.807) is 7.11 Å². The lowest BCUT2D eigenvalue weighted by atomic mass is 10.3. The summed E-state index contributed by atoms with van der Waals surface area (Å²) in [6.45, 7) is 4.20. The highest BCUT2D eigenvalue weighted by atomic mass is 79.9. The highest BCUT2D eigenvalue weighted by Crippen LogP contribution is 2.28. The van der Waals surface area contributed by atoms with Crippen LogP contribution in [0.4, 0.5) is 0 Å². The maximum Gasteiger partial charge on any atom is 0.133 e. The van der Waals surface area contributed by atoms with Crippen molar-refractivity contribution in [2.75, 3.05) is 7.11 Å². The zero-order valence-corrected chi connectivity index (χ0v) is 11.2. The molecule has 1 aromatic carbocycles. The molecule has 0 aliphatic rings. The quantitative estimate of drug-likeness (QED) is 0.814. The summed E-state index contributed by atoms with van der Waals surface area (Å²) in [5, 5.41) is 0. The molecule has 84 valence electrons. The van der Waals surface area contributed by atoms with Crippen molar-refractivity contribution in [3.8, 4) is 11.4 Å². The molecule has 0 unspecified atom stereocenters. The van der Waals surface area contributed by atoms with E-state index in [1.165, 1.54) is 11.4 Å². The fraction of sp³-hybridized carbons (Fsp3) is 0.231. The Morgan fingerprint density at radius 1 is 1.06 bits per heavy atom. The summed E-state index contributed by atoms with van der Waals surface area (Å²) in [6, 6.07) is 10.3. The minimum absolute atomic E-state index is 0.853. The van der Waals surface area contributed by atoms with E-state index >= 15 is 0 Å². The monoisotopic (exact) mass is 279 g/mol. The SMILES string of the molecule is COc1ccc(-n2c(C)ccc2C)cc1Br. The number of hydrogen-bond acceptors (Lipinski definition) is 1. The number of halogens is 1. The van der Waals surface area contributed by atoms with E-state index in [1.807, 2.05) is 6.07 Å². The van der Waals surface area contributed by atoms with Crippen molar-refractivity contribution < 1.29 is 4.74 Å². The Labute approximate surface area is 104 Å². The second kappa shape index (κ2) is 4.34. The minimum Gasteiger partial charge on any atom is -0.496 e. The molecule has 0 aliphatic heterocycles. The van der Waals surface area contributed by atoms with Crippen LogP contribution < -0.4 is 4.74 Å². The molecule has 2 aromatic rings.